The van der Waals surface area contributed by atoms with E-state index in [2.05, 4.69) is 16.3 Å². The van der Waals surface area contributed by atoms with Gasteiger partial charge in [-0.05, 0) is 25.5 Å². The summed E-state index contributed by atoms with van der Waals surface area (Å²) in [5.74, 6) is -0.228. The average molecular weight is 299 g/mol. The molecular weight excluding hydrogens is 279 g/mol. The minimum atomic E-state index is -4.33. The minimum Gasteiger partial charge on any atom is -0.372 e. The van der Waals surface area contributed by atoms with Crippen LogP contribution in [-0.4, -0.2) is 42.8 Å². The van der Waals surface area contributed by atoms with Crippen molar-refractivity contribution in [3.63, 3.8) is 0 Å². The first-order valence-electron chi connectivity index (χ1n) is 6.37. The van der Waals surface area contributed by atoms with Crippen LogP contribution in [0, 0.1) is 0 Å². The SMILES string of the molecule is CS[C@H]1CCC[C@H](NC(=O)CCOCC(F)(F)F)C1. The third-order valence-electron chi connectivity index (χ3n) is 3.06. The van der Waals surface area contributed by atoms with Gasteiger partial charge in [0.25, 0.3) is 0 Å². The average Bonchev–Trinajstić information content (AvgIpc) is 2.34. The van der Waals surface area contributed by atoms with Crippen molar-refractivity contribution in [3.8, 4) is 0 Å². The Kier molecular flexibility index (Phi) is 6.99. The Labute approximate surface area is 115 Å². The molecule has 0 aromatic heterocycles. The van der Waals surface area contributed by atoms with E-state index in [-0.39, 0.29) is 25.0 Å². The first kappa shape index (κ1) is 16.6. The van der Waals surface area contributed by atoms with Crippen LogP contribution in [0.25, 0.3) is 0 Å². The van der Waals surface area contributed by atoms with E-state index in [4.69, 9.17) is 0 Å². The molecule has 0 radical (unpaired) electrons. The number of hydrogen-bond donors (Lipinski definition) is 1. The molecule has 1 saturated carbocycles. The summed E-state index contributed by atoms with van der Waals surface area (Å²) in [7, 11) is 0. The minimum absolute atomic E-state index is 0.0173. The Bertz CT molecular complexity index is 287. The quantitative estimate of drug-likeness (QED) is 0.766. The van der Waals surface area contributed by atoms with E-state index in [0.29, 0.717) is 5.25 Å². The van der Waals surface area contributed by atoms with E-state index in [1.807, 2.05) is 0 Å². The lowest BCUT2D eigenvalue weighted by Crippen LogP contribution is -2.39. The zero-order chi connectivity index (χ0) is 14.3. The molecule has 1 aliphatic rings. The maximum absolute atomic E-state index is 11.8. The zero-order valence-corrected chi connectivity index (χ0v) is 11.8. The third-order valence-corrected chi connectivity index (χ3v) is 4.16. The number of thioether (sulfide) groups is 1. The molecule has 0 saturated heterocycles. The fraction of sp³-hybridized carbons (Fsp3) is 0.917. The summed E-state index contributed by atoms with van der Waals surface area (Å²) in [6, 6.07) is 0.154. The van der Waals surface area contributed by atoms with Gasteiger partial charge in [0.05, 0.1) is 6.61 Å². The summed E-state index contributed by atoms with van der Waals surface area (Å²) in [5.41, 5.74) is 0. The fourth-order valence-electron chi connectivity index (χ4n) is 2.14. The highest BCUT2D eigenvalue weighted by Gasteiger charge is 2.27. The molecule has 1 fully saturated rings. The first-order chi connectivity index (χ1) is 8.90. The number of alkyl halides is 3. The van der Waals surface area contributed by atoms with E-state index in [9.17, 15) is 18.0 Å². The molecule has 0 bridgehead atoms. The standard InChI is InChI=1S/C12H20F3NO2S/c1-19-10-4-2-3-9(7-10)16-11(17)5-6-18-8-12(13,14)15/h9-10H,2-8H2,1H3,(H,16,17)/t9-,10-/m0/s1. The Morgan fingerprint density at radius 1 is 1.42 bits per heavy atom. The summed E-state index contributed by atoms with van der Waals surface area (Å²) < 4.78 is 39.8. The second-order valence-corrected chi connectivity index (χ2v) is 5.84. The molecule has 1 amide bonds. The van der Waals surface area contributed by atoms with Gasteiger partial charge in [0.1, 0.15) is 6.61 Å². The van der Waals surface area contributed by atoms with Crippen molar-refractivity contribution < 1.29 is 22.7 Å². The highest BCUT2D eigenvalue weighted by molar-refractivity contribution is 7.99. The van der Waals surface area contributed by atoms with Gasteiger partial charge in [-0.25, -0.2) is 0 Å². The van der Waals surface area contributed by atoms with Gasteiger partial charge in [0, 0.05) is 17.7 Å². The van der Waals surface area contributed by atoms with Crippen LogP contribution in [0.3, 0.4) is 0 Å². The molecular formula is C12H20F3NO2S. The molecule has 19 heavy (non-hydrogen) atoms. The normalized spacial score (nSPS) is 24.2. The maximum Gasteiger partial charge on any atom is 0.411 e. The first-order valence-corrected chi connectivity index (χ1v) is 7.66. The molecule has 1 rings (SSSR count). The van der Waals surface area contributed by atoms with Crippen LogP contribution in [0.5, 0.6) is 0 Å². The van der Waals surface area contributed by atoms with Crippen molar-refractivity contribution in [1.29, 1.82) is 0 Å². The van der Waals surface area contributed by atoms with Gasteiger partial charge >= 0.3 is 6.18 Å². The van der Waals surface area contributed by atoms with Gasteiger partial charge in [0.2, 0.25) is 5.91 Å². The Morgan fingerprint density at radius 3 is 2.79 bits per heavy atom. The number of carbonyl (C=O) groups excluding carboxylic acids is 1. The highest BCUT2D eigenvalue weighted by Crippen LogP contribution is 2.26. The smallest absolute Gasteiger partial charge is 0.372 e. The molecule has 112 valence electrons. The number of nitrogens with one attached hydrogen (secondary N) is 1. The van der Waals surface area contributed by atoms with Crippen LogP contribution in [0.4, 0.5) is 13.2 Å². The molecule has 3 nitrogen and oxygen atoms in total. The number of amides is 1. The van der Waals surface area contributed by atoms with Crippen molar-refractivity contribution in [1.82, 2.24) is 5.32 Å². The van der Waals surface area contributed by atoms with Crippen molar-refractivity contribution in [2.24, 2.45) is 0 Å². The van der Waals surface area contributed by atoms with E-state index in [1.165, 1.54) is 6.42 Å². The van der Waals surface area contributed by atoms with Gasteiger partial charge in [0.15, 0.2) is 0 Å². The van der Waals surface area contributed by atoms with Gasteiger partial charge in [-0.1, -0.05) is 6.42 Å². The molecule has 2 atom stereocenters. The Morgan fingerprint density at radius 2 is 2.16 bits per heavy atom. The highest BCUT2D eigenvalue weighted by atomic mass is 32.2. The predicted octanol–water partition coefficient (Wildman–Crippen LogP) is 2.75. The van der Waals surface area contributed by atoms with E-state index in [0.717, 1.165) is 19.3 Å². The number of hydrogen-bond acceptors (Lipinski definition) is 3. The van der Waals surface area contributed by atoms with Crippen LogP contribution in [0.2, 0.25) is 0 Å². The monoisotopic (exact) mass is 299 g/mol. The summed E-state index contributed by atoms with van der Waals surface area (Å²) in [5, 5.41) is 3.44. The summed E-state index contributed by atoms with van der Waals surface area (Å²) in [6.45, 7) is -1.48. The van der Waals surface area contributed by atoms with E-state index in [1.54, 1.807) is 11.8 Å². The van der Waals surface area contributed by atoms with Crippen LogP contribution in [-0.2, 0) is 9.53 Å². The number of ether oxygens (including phenoxy) is 1. The number of carbonyl (C=O) groups is 1. The zero-order valence-electron chi connectivity index (χ0n) is 11.0. The summed E-state index contributed by atoms with van der Waals surface area (Å²) >= 11 is 1.80. The van der Waals surface area contributed by atoms with Gasteiger partial charge in [-0.2, -0.15) is 24.9 Å². The number of halogens is 3. The van der Waals surface area contributed by atoms with E-state index < -0.39 is 12.8 Å². The molecule has 7 heteroatoms. The predicted molar refractivity (Wildman–Crippen MR) is 69.2 cm³/mol. The molecule has 0 aromatic rings. The topological polar surface area (TPSA) is 38.3 Å². The lowest BCUT2D eigenvalue weighted by atomic mass is 9.95. The van der Waals surface area contributed by atoms with Crippen LogP contribution < -0.4 is 5.32 Å². The summed E-state index contributed by atoms with van der Waals surface area (Å²) in [6.07, 6.45) is 1.85. The Hall–Kier alpha value is -0.430. The number of rotatable bonds is 6. The second-order valence-electron chi connectivity index (χ2n) is 4.71. The van der Waals surface area contributed by atoms with Crippen LogP contribution >= 0.6 is 11.8 Å². The molecule has 1 aliphatic carbocycles. The lowest BCUT2D eigenvalue weighted by Gasteiger charge is -2.28. The largest absolute Gasteiger partial charge is 0.411 e. The maximum atomic E-state index is 11.8. The Balaban J connectivity index is 2.13. The van der Waals surface area contributed by atoms with Crippen LogP contribution in [0.15, 0.2) is 0 Å². The van der Waals surface area contributed by atoms with Gasteiger partial charge in [-0.15, -0.1) is 0 Å². The van der Waals surface area contributed by atoms with Crippen molar-refractivity contribution >= 4 is 17.7 Å². The third kappa shape index (κ3) is 7.67. The lowest BCUT2D eigenvalue weighted by molar-refractivity contribution is -0.174. The molecule has 1 N–H and O–H groups in total. The fourth-order valence-corrected chi connectivity index (χ4v) is 2.97. The van der Waals surface area contributed by atoms with Gasteiger partial charge < -0.3 is 10.1 Å². The molecule has 0 heterocycles. The van der Waals surface area contributed by atoms with Gasteiger partial charge in [-0.3, -0.25) is 4.79 Å². The molecule has 0 unspecified atom stereocenters. The van der Waals surface area contributed by atoms with Crippen molar-refractivity contribution in [3.05, 3.63) is 0 Å². The summed E-state index contributed by atoms with van der Waals surface area (Å²) in [4.78, 5) is 11.6. The van der Waals surface area contributed by atoms with E-state index >= 15 is 0 Å². The molecule has 0 spiro atoms. The molecule has 0 aliphatic heterocycles. The van der Waals surface area contributed by atoms with Crippen LogP contribution in [0.1, 0.15) is 32.1 Å². The van der Waals surface area contributed by atoms with Crippen molar-refractivity contribution in [2.45, 2.75) is 49.6 Å². The second kappa shape index (κ2) is 7.99. The molecule has 0 aromatic carbocycles. The van der Waals surface area contributed by atoms with Crippen molar-refractivity contribution in [2.75, 3.05) is 19.5 Å².